The van der Waals surface area contributed by atoms with Crippen molar-refractivity contribution in [2.75, 3.05) is 19.8 Å². The lowest BCUT2D eigenvalue weighted by atomic mass is 10.1. The number of nitrogens with zero attached hydrogens (tertiary/aromatic N) is 2. The molecule has 0 saturated carbocycles. The van der Waals surface area contributed by atoms with Crippen molar-refractivity contribution < 1.29 is 19.0 Å². The van der Waals surface area contributed by atoms with Crippen molar-refractivity contribution in [3.05, 3.63) is 72.6 Å². The van der Waals surface area contributed by atoms with E-state index in [-0.39, 0.29) is 5.97 Å². The van der Waals surface area contributed by atoms with E-state index in [0.717, 1.165) is 16.8 Å². The Hall–Kier alpha value is -3.38. The van der Waals surface area contributed by atoms with E-state index in [0.29, 0.717) is 32.8 Å². The van der Waals surface area contributed by atoms with Crippen LogP contribution in [0.25, 0.3) is 21.8 Å². The van der Waals surface area contributed by atoms with Crippen LogP contribution in [0.2, 0.25) is 0 Å². The molecular formula is C26H28N2O4. The number of hydrogen-bond donors (Lipinski definition) is 0. The fraction of sp³-hybridized carbons (Fsp3) is 0.308. The van der Waals surface area contributed by atoms with Crippen LogP contribution in [0.4, 0.5) is 0 Å². The molecule has 2 aromatic carbocycles. The zero-order chi connectivity index (χ0) is 22.3. The molecule has 6 nitrogen and oxygen atoms in total. The SMILES string of the molecule is CCOC(=O)[C@H](Cc1ccc(OCCn2c3ccccc3c3ccncc32)cc1)OCC. The molecule has 0 amide bonds. The van der Waals surface area contributed by atoms with E-state index in [1.54, 1.807) is 6.92 Å². The highest BCUT2D eigenvalue weighted by atomic mass is 16.6. The minimum absolute atomic E-state index is 0.324. The summed E-state index contributed by atoms with van der Waals surface area (Å²) >= 11 is 0. The third-order valence-corrected chi connectivity index (χ3v) is 5.42. The van der Waals surface area contributed by atoms with Gasteiger partial charge in [-0.05, 0) is 43.7 Å². The summed E-state index contributed by atoms with van der Waals surface area (Å²) in [5.41, 5.74) is 3.28. The second kappa shape index (κ2) is 10.3. The smallest absolute Gasteiger partial charge is 0.335 e. The van der Waals surface area contributed by atoms with Gasteiger partial charge < -0.3 is 18.8 Å². The lowest BCUT2D eigenvalue weighted by Gasteiger charge is -2.16. The molecule has 166 valence electrons. The number of carbonyl (C=O) groups is 1. The molecule has 0 N–H and O–H groups in total. The van der Waals surface area contributed by atoms with Gasteiger partial charge in [0.05, 0.1) is 24.9 Å². The largest absolute Gasteiger partial charge is 0.492 e. The molecule has 0 saturated heterocycles. The quantitative estimate of drug-likeness (QED) is 0.338. The first-order chi connectivity index (χ1) is 15.7. The summed E-state index contributed by atoms with van der Waals surface area (Å²) in [4.78, 5) is 16.4. The van der Waals surface area contributed by atoms with Crippen LogP contribution in [-0.4, -0.2) is 41.4 Å². The number of benzene rings is 2. The van der Waals surface area contributed by atoms with Gasteiger partial charge in [-0.3, -0.25) is 4.98 Å². The summed E-state index contributed by atoms with van der Waals surface area (Å²) in [5.74, 6) is 0.465. The molecule has 0 spiro atoms. The number of fused-ring (bicyclic) bond motifs is 3. The Morgan fingerprint density at radius 2 is 1.75 bits per heavy atom. The predicted molar refractivity (Wildman–Crippen MR) is 125 cm³/mol. The minimum atomic E-state index is -0.587. The normalized spacial score (nSPS) is 12.2. The molecule has 6 heteroatoms. The van der Waals surface area contributed by atoms with Gasteiger partial charge in [0, 0.05) is 35.5 Å². The third-order valence-electron chi connectivity index (χ3n) is 5.42. The van der Waals surface area contributed by atoms with Gasteiger partial charge in [-0.25, -0.2) is 4.79 Å². The van der Waals surface area contributed by atoms with E-state index in [2.05, 4.69) is 39.9 Å². The number of rotatable bonds is 10. The van der Waals surface area contributed by atoms with E-state index in [1.165, 1.54) is 16.3 Å². The first kappa shape index (κ1) is 21.8. The van der Waals surface area contributed by atoms with Gasteiger partial charge in [0.25, 0.3) is 0 Å². The van der Waals surface area contributed by atoms with Crippen LogP contribution in [0.1, 0.15) is 19.4 Å². The average Bonchev–Trinajstić information content (AvgIpc) is 3.14. The number of hydrogen-bond acceptors (Lipinski definition) is 5. The molecule has 0 bridgehead atoms. The summed E-state index contributed by atoms with van der Waals surface area (Å²) < 4.78 is 18.9. The number of ether oxygens (including phenoxy) is 3. The van der Waals surface area contributed by atoms with E-state index < -0.39 is 6.10 Å². The van der Waals surface area contributed by atoms with Crippen molar-refractivity contribution in [3.8, 4) is 5.75 Å². The summed E-state index contributed by atoms with van der Waals surface area (Å²) in [7, 11) is 0. The van der Waals surface area contributed by atoms with Crippen LogP contribution in [0.15, 0.2) is 67.0 Å². The highest BCUT2D eigenvalue weighted by Gasteiger charge is 2.20. The molecule has 4 rings (SSSR count). The molecule has 32 heavy (non-hydrogen) atoms. The van der Waals surface area contributed by atoms with Crippen molar-refractivity contribution in [2.24, 2.45) is 0 Å². The topological polar surface area (TPSA) is 62.6 Å². The Bertz CT molecular complexity index is 1130. The Balaban J connectivity index is 1.40. The van der Waals surface area contributed by atoms with Crippen LogP contribution in [-0.2, 0) is 27.2 Å². The van der Waals surface area contributed by atoms with Gasteiger partial charge >= 0.3 is 5.97 Å². The lowest BCUT2D eigenvalue weighted by Crippen LogP contribution is -2.28. The van der Waals surface area contributed by atoms with E-state index >= 15 is 0 Å². The molecular weight excluding hydrogens is 404 g/mol. The molecule has 0 unspecified atom stereocenters. The third kappa shape index (κ3) is 4.75. The summed E-state index contributed by atoms with van der Waals surface area (Å²) in [6.45, 7) is 5.72. The second-order valence-corrected chi connectivity index (χ2v) is 7.45. The highest BCUT2D eigenvalue weighted by molar-refractivity contribution is 6.07. The van der Waals surface area contributed by atoms with E-state index in [1.807, 2.05) is 43.6 Å². The first-order valence-electron chi connectivity index (χ1n) is 11.0. The van der Waals surface area contributed by atoms with Gasteiger partial charge in [-0.1, -0.05) is 30.3 Å². The van der Waals surface area contributed by atoms with Gasteiger partial charge in [-0.15, -0.1) is 0 Å². The standard InChI is InChI=1S/C26H28N2O4/c1-3-30-25(26(29)31-4-2)17-19-9-11-20(12-10-19)32-16-15-28-23-8-6-5-7-21(23)22-13-14-27-18-24(22)28/h5-14,18,25H,3-4,15-17H2,1-2H3/t25-/m0/s1. The van der Waals surface area contributed by atoms with Crippen LogP contribution in [0.5, 0.6) is 5.75 Å². The van der Waals surface area contributed by atoms with Crippen molar-refractivity contribution in [3.63, 3.8) is 0 Å². The highest BCUT2D eigenvalue weighted by Crippen LogP contribution is 2.28. The molecule has 0 aliphatic rings. The molecule has 4 aromatic rings. The number of esters is 1. The van der Waals surface area contributed by atoms with Gasteiger partial charge in [0.1, 0.15) is 12.4 Å². The number of carbonyl (C=O) groups excluding carboxylic acids is 1. The van der Waals surface area contributed by atoms with Crippen LogP contribution >= 0.6 is 0 Å². The van der Waals surface area contributed by atoms with Crippen LogP contribution in [0, 0.1) is 0 Å². The lowest BCUT2D eigenvalue weighted by molar-refractivity contribution is -0.156. The van der Waals surface area contributed by atoms with Crippen molar-refractivity contribution in [1.82, 2.24) is 9.55 Å². The summed E-state index contributed by atoms with van der Waals surface area (Å²) in [6, 6.07) is 18.2. The molecule has 0 fully saturated rings. The summed E-state index contributed by atoms with van der Waals surface area (Å²) in [6.07, 6.45) is 3.62. The zero-order valence-electron chi connectivity index (χ0n) is 18.5. The average molecular weight is 433 g/mol. The van der Waals surface area contributed by atoms with Crippen molar-refractivity contribution in [1.29, 1.82) is 0 Å². The van der Waals surface area contributed by atoms with Gasteiger partial charge in [-0.2, -0.15) is 0 Å². The van der Waals surface area contributed by atoms with E-state index in [4.69, 9.17) is 14.2 Å². The first-order valence-corrected chi connectivity index (χ1v) is 11.0. The Morgan fingerprint density at radius 3 is 2.53 bits per heavy atom. The maximum absolute atomic E-state index is 12.1. The Kier molecular flexibility index (Phi) is 7.02. The molecule has 0 aliphatic heterocycles. The Morgan fingerprint density at radius 1 is 0.969 bits per heavy atom. The predicted octanol–water partition coefficient (Wildman–Crippen LogP) is 4.78. The minimum Gasteiger partial charge on any atom is -0.492 e. The van der Waals surface area contributed by atoms with Crippen LogP contribution < -0.4 is 4.74 Å². The number of aromatic nitrogens is 2. The van der Waals surface area contributed by atoms with Gasteiger partial charge in [0.15, 0.2) is 6.10 Å². The number of pyridine rings is 1. The zero-order valence-corrected chi connectivity index (χ0v) is 18.5. The molecule has 0 aliphatic carbocycles. The number of para-hydroxylation sites is 1. The Labute approximate surface area is 187 Å². The van der Waals surface area contributed by atoms with Gasteiger partial charge in [0.2, 0.25) is 0 Å². The molecule has 2 aromatic heterocycles. The second-order valence-electron chi connectivity index (χ2n) is 7.45. The maximum atomic E-state index is 12.1. The van der Waals surface area contributed by atoms with E-state index in [9.17, 15) is 4.79 Å². The van der Waals surface area contributed by atoms with Crippen LogP contribution in [0.3, 0.4) is 0 Å². The molecule has 0 radical (unpaired) electrons. The van der Waals surface area contributed by atoms with Crippen molar-refractivity contribution in [2.45, 2.75) is 32.9 Å². The summed E-state index contributed by atoms with van der Waals surface area (Å²) in [5, 5.41) is 2.42. The molecule has 1 atom stereocenters. The monoisotopic (exact) mass is 432 g/mol. The fourth-order valence-corrected chi connectivity index (χ4v) is 3.97. The molecule has 2 heterocycles. The fourth-order valence-electron chi connectivity index (χ4n) is 3.97. The maximum Gasteiger partial charge on any atom is 0.335 e. The van der Waals surface area contributed by atoms with Crippen molar-refractivity contribution >= 4 is 27.8 Å².